The van der Waals surface area contributed by atoms with Gasteiger partial charge in [-0.2, -0.15) is 0 Å². The smallest absolute Gasteiger partial charge is 0.325 e. The van der Waals surface area contributed by atoms with E-state index in [4.69, 9.17) is 9.47 Å². The van der Waals surface area contributed by atoms with Gasteiger partial charge in [-0.1, -0.05) is 30.3 Å². The molecule has 0 heterocycles. The molecule has 1 unspecified atom stereocenters. The average Bonchev–Trinajstić information content (AvgIpc) is 2.70. The number of amides is 1. The van der Waals surface area contributed by atoms with Crippen LogP contribution >= 0.6 is 15.9 Å². The van der Waals surface area contributed by atoms with E-state index >= 15 is 0 Å². The molecule has 7 heteroatoms. The summed E-state index contributed by atoms with van der Waals surface area (Å²) in [7, 11) is 1.28. The van der Waals surface area contributed by atoms with Crippen molar-refractivity contribution in [3.8, 4) is 0 Å². The van der Waals surface area contributed by atoms with E-state index in [9.17, 15) is 14.4 Å². The Morgan fingerprint density at radius 3 is 2.21 bits per heavy atom. The van der Waals surface area contributed by atoms with Crippen LogP contribution in [0.5, 0.6) is 0 Å². The number of ether oxygens (including phenoxy) is 2. The number of esters is 2. The molecular formula is C21H22BrNO5. The molecule has 2 rings (SSSR count). The number of alkyl halides is 1. The van der Waals surface area contributed by atoms with Gasteiger partial charge >= 0.3 is 11.9 Å². The van der Waals surface area contributed by atoms with Crippen molar-refractivity contribution in [3.05, 3.63) is 65.7 Å². The second kappa shape index (κ2) is 10.6. The van der Waals surface area contributed by atoms with Crippen LogP contribution in [0, 0.1) is 0 Å². The molecular weight excluding hydrogens is 426 g/mol. The molecule has 0 spiro atoms. The maximum Gasteiger partial charge on any atom is 0.325 e. The van der Waals surface area contributed by atoms with Gasteiger partial charge in [-0.3, -0.25) is 19.3 Å². The number of halogens is 1. The van der Waals surface area contributed by atoms with E-state index in [0.717, 1.165) is 5.56 Å². The predicted octanol–water partition coefficient (Wildman–Crippen LogP) is 3.72. The number of carbonyl (C=O) groups is 3. The molecule has 148 valence electrons. The summed E-state index contributed by atoms with van der Waals surface area (Å²) >= 11 is 3.16. The molecule has 0 fully saturated rings. The van der Waals surface area contributed by atoms with E-state index in [1.165, 1.54) is 12.0 Å². The minimum atomic E-state index is -0.506. The highest BCUT2D eigenvalue weighted by atomic mass is 79.9. The summed E-state index contributed by atoms with van der Waals surface area (Å²) in [6.45, 7) is 1.54. The Balaban J connectivity index is 2.10. The van der Waals surface area contributed by atoms with Gasteiger partial charge in [0.1, 0.15) is 6.54 Å². The Labute approximate surface area is 172 Å². The number of methoxy groups -OCH3 is 1. The lowest BCUT2D eigenvalue weighted by Crippen LogP contribution is -2.36. The van der Waals surface area contributed by atoms with E-state index in [0.29, 0.717) is 17.7 Å². The maximum atomic E-state index is 12.9. The highest BCUT2D eigenvalue weighted by Crippen LogP contribution is 2.18. The Morgan fingerprint density at radius 1 is 1.00 bits per heavy atom. The molecule has 0 bridgehead atoms. The first-order valence-corrected chi connectivity index (χ1v) is 9.68. The second-order valence-electron chi connectivity index (χ2n) is 6.03. The number of carbonyl (C=O) groups excluding carboxylic acids is 3. The monoisotopic (exact) mass is 447 g/mol. The van der Waals surface area contributed by atoms with Crippen LogP contribution in [-0.2, 0) is 25.5 Å². The Morgan fingerprint density at radius 2 is 1.64 bits per heavy atom. The third kappa shape index (κ3) is 6.49. The average molecular weight is 448 g/mol. The first-order valence-electron chi connectivity index (χ1n) is 8.77. The first-order chi connectivity index (χ1) is 13.4. The van der Waals surface area contributed by atoms with Crippen LogP contribution in [0.3, 0.4) is 0 Å². The minimum absolute atomic E-state index is 0.183. The van der Waals surface area contributed by atoms with Gasteiger partial charge in [0.25, 0.3) is 5.91 Å². The molecule has 1 atom stereocenters. The van der Waals surface area contributed by atoms with Crippen molar-refractivity contribution in [2.24, 2.45) is 0 Å². The Bertz CT molecular complexity index is 805. The van der Waals surface area contributed by atoms with Crippen molar-refractivity contribution in [1.82, 2.24) is 0 Å². The third-order valence-corrected chi connectivity index (χ3v) is 4.13. The molecule has 1 amide bonds. The van der Waals surface area contributed by atoms with E-state index in [1.54, 1.807) is 55.5 Å². The number of para-hydroxylation sites is 1. The summed E-state index contributed by atoms with van der Waals surface area (Å²) in [5.74, 6) is -1.11. The van der Waals surface area contributed by atoms with Crippen LogP contribution in [0.2, 0.25) is 0 Å². The van der Waals surface area contributed by atoms with Crippen LogP contribution in [0.15, 0.2) is 54.6 Å². The zero-order valence-electron chi connectivity index (χ0n) is 15.8. The van der Waals surface area contributed by atoms with Crippen molar-refractivity contribution in [2.75, 3.05) is 18.6 Å². The molecule has 0 saturated heterocycles. The SMILES string of the molecule is COC(=O)CN(C(=O)c1ccc(CCC(=O)OC(C)Br)cc1)c1ccccc1. The van der Waals surface area contributed by atoms with Crippen molar-refractivity contribution < 1.29 is 23.9 Å². The highest BCUT2D eigenvalue weighted by molar-refractivity contribution is 9.09. The number of anilines is 1. The van der Waals surface area contributed by atoms with Crippen LogP contribution in [0.1, 0.15) is 29.3 Å². The maximum absolute atomic E-state index is 12.9. The van der Waals surface area contributed by atoms with E-state index in [2.05, 4.69) is 15.9 Å². The molecule has 2 aromatic carbocycles. The fourth-order valence-electron chi connectivity index (χ4n) is 2.54. The molecule has 28 heavy (non-hydrogen) atoms. The normalized spacial score (nSPS) is 11.4. The summed E-state index contributed by atoms with van der Waals surface area (Å²) in [5.41, 5.74) is 1.96. The minimum Gasteiger partial charge on any atom is -0.468 e. The lowest BCUT2D eigenvalue weighted by molar-refractivity contribution is -0.144. The van der Waals surface area contributed by atoms with Crippen molar-refractivity contribution in [1.29, 1.82) is 0 Å². The fourth-order valence-corrected chi connectivity index (χ4v) is 2.75. The lowest BCUT2D eigenvalue weighted by atomic mass is 10.1. The summed E-state index contributed by atoms with van der Waals surface area (Å²) < 4.78 is 9.74. The first kappa shape index (κ1) is 21.6. The number of nitrogens with zero attached hydrogens (tertiary/aromatic N) is 1. The van der Waals surface area contributed by atoms with Crippen molar-refractivity contribution in [2.45, 2.75) is 24.8 Å². The quantitative estimate of drug-likeness (QED) is 0.455. The van der Waals surface area contributed by atoms with E-state index < -0.39 is 5.97 Å². The van der Waals surface area contributed by atoms with Gasteiger partial charge in [0, 0.05) is 17.7 Å². The summed E-state index contributed by atoms with van der Waals surface area (Å²) in [4.78, 5) is 37.7. The summed E-state index contributed by atoms with van der Waals surface area (Å²) in [5, 5.41) is -0.321. The zero-order chi connectivity index (χ0) is 20.5. The van der Waals surface area contributed by atoms with Crippen LogP contribution < -0.4 is 4.90 Å². The van der Waals surface area contributed by atoms with Gasteiger partial charge in [0.2, 0.25) is 0 Å². The molecule has 0 aliphatic carbocycles. The Hall–Kier alpha value is -2.67. The third-order valence-electron chi connectivity index (χ3n) is 3.94. The molecule has 0 aromatic heterocycles. The molecule has 0 aliphatic heterocycles. The molecule has 0 aliphatic rings. The molecule has 0 N–H and O–H groups in total. The Kier molecular flexibility index (Phi) is 8.19. The number of hydrogen-bond donors (Lipinski definition) is 0. The zero-order valence-corrected chi connectivity index (χ0v) is 17.3. The van der Waals surface area contributed by atoms with Gasteiger partial charge in [-0.05, 0) is 59.1 Å². The highest BCUT2D eigenvalue weighted by Gasteiger charge is 2.21. The van der Waals surface area contributed by atoms with E-state index in [1.807, 2.05) is 6.07 Å². The summed E-state index contributed by atoms with van der Waals surface area (Å²) in [6.07, 6.45) is 0.763. The summed E-state index contributed by atoms with van der Waals surface area (Å²) in [6, 6.07) is 15.9. The van der Waals surface area contributed by atoms with E-state index in [-0.39, 0.29) is 29.9 Å². The molecule has 0 radical (unpaired) electrons. The van der Waals surface area contributed by atoms with Gasteiger partial charge in [0.15, 0.2) is 5.01 Å². The van der Waals surface area contributed by atoms with Crippen molar-refractivity contribution in [3.63, 3.8) is 0 Å². The van der Waals surface area contributed by atoms with Gasteiger partial charge in [0.05, 0.1) is 7.11 Å². The van der Waals surface area contributed by atoms with Gasteiger partial charge in [-0.15, -0.1) is 0 Å². The van der Waals surface area contributed by atoms with Crippen LogP contribution in [0.25, 0.3) is 0 Å². The topological polar surface area (TPSA) is 72.9 Å². The lowest BCUT2D eigenvalue weighted by Gasteiger charge is -2.21. The van der Waals surface area contributed by atoms with Crippen LogP contribution in [-0.4, -0.2) is 36.5 Å². The second-order valence-corrected chi connectivity index (χ2v) is 7.32. The molecule has 0 saturated carbocycles. The number of hydrogen-bond acceptors (Lipinski definition) is 5. The van der Waals surface area contributed by atoms with Crippen LogP contribution in [0.4, 0.5) is 5.69 Å². The largest absolute Gasteiger partial charge is 0.468 e. The molecule has 6 nitrogen and oxygen atoms in total. The standard InChI is InChI=1S/C21H22BrNO5/c1-15(22)28-19(24)13-10-16-8-11-17(12-9-16)21(26)23(14-20(25)27-2)18-6-4-3-5-7-18/h3-9,11-12,15H,10,13-14H2,1-2H3. The van der Waals surface area contributed by atoms with Gasteiger partial charge < -0.3 is 9.47 Å². The predicted molar refractivity (Wildman–Crippen MR) is 109 cm³/mol. The number of aryl methyl sites for hydroxylation is 1. The number of benzene rings is 2. The number of rotatable bonds is 8. The fraction of sp³-hybridized carbons (Fsp3) is 0.286. The van der Waals surface area contributed by atoms with Gasteiger partial charge in [-0.25, -0.2) is 0 Å². The molecule has 2 aromatic rings. The van der Waals surface area contributed by atoms with Crippen molar-refractivity contribution >= 4 is 39.5 Å².